The Balaban J connectivity index is 2.36. The van der Waals surface area contributed by atoms with Crippen LogP contribution >= 0.6 is 0 Å². The quantitative estimate of drug-likeness (QED) is 0.697. The molecule has 0 atom stereocenters. The number of aromatic nitrogens is 4. The highest BCUT2D eigenvalue weighted by molar-refractivity contribution is 6.05. The lowest BCUT2D eigenvalue weighted by atomic mass is 10.3. The lowest BCUT2D eigenvalue weighted by Crippen LogP contribution is -2.10. The summed E-state index contributed by atoms with van der Waals surface area (Å²) in [6.07, 6.45) is 6.71. The molecular weight excluding hydrogens is 192 g/mol. The monoisotopic (exact) mass is 204 g/mol. The second-order valence-corrected chi connectivity index (χ2v) is 3.29. The van der Waals surface area contributed by atoms with E-state index < -0.39 is 0 Å². The molecule has 0 spiro atoms. The number of ketones is 1. The van der Waals surface area contributed by atoms with Crippen molar-refractivity contribution in [3.8, 4) is 0 Å². The van der Waals surface area contributed by atoms with E-state index in [1.54, 1.807) is 34.1 Å². The van der Waals surface area contributed by atoms with E-state index in [-0.39, 0.29) is 5.78 Å². The van der Waals surface area contributed by atoms with Crippen LogP contribution in [0.4, 0.5) is 0 Å². The summed E-state index contributed by atoms with van der Waals surface area (Å²) >= 11 is 0. The van der Waals surface area contributed by atoms with Gasteiger partial charge in [0.1, 0.15) is 5.69 Å². The van der Waals surface area contributed by atoms with Gasteiger partial charge in [0.2, 0.25) is 5.78 Å². The molecule has 0 aromatic carbocycles. The lowest BCUT2D eigenvalue weighted by molar-refractivity contribution is 0.102. The van der Waals surface area contributed by atoms with Crippen LogP contribution in [0.25, 0.3) is 0 Å². The molecule has 0 bridgehead atoms. The fraction of sp³-hybridized carbons (Fsp3) is 0.300. The maximum atomic E-state index is 11.9. The molecule has 0 amide bonds. The van der Waals surface area contributed by atoms with E-state index in [0.29, 0.717) is 11.5 Å². The van der Waals surface area contributed by atoms with Gasteiger partial charge in [-0.1, -0.05) is 0 Å². The van der Waals surface area contributed by atoms with Crippen molar-refractivity contribution in [1.82, 2.24) is 19.1 Å². The summed E-state index contributed by atoms with van der Waals surface area (Å²) in [5, 5.41) is 0. The van der Waals surface area contributed by atoms with Crippen LogP contribution < -0.4 is 0 Å². The van der Waals surface area contributed by atoms with Crippen molar-refractivity contribution < 1.29 is 4.79 Å². The van der Waals surface area contributed by atoms with E-state index in [4.69, 9.17) is 0 Å². The average Bonchev–Trinajstić information content (AvgIpc) is 2.84. The molecule has 15 heavy (non-hydrogen) atoms. The second kappa shape index (κ2) is 3.68. The van der Waals surface area contributed by atoms with Gasteiger partial charge in [-0.25, -0.2) is 9.97 Å². The largest absolute Gasteiger partial charge is 0.340 e. The minimum absolute atomic E-state index is 0.137. The van der Waals surface area contributed by atoms with Crippen molar-refractivity contribution in [2.24, 2.45) is 7.05 Å². The molecule has 0 radical (unpaired) electrons. The van der Waals surface area contributed by atoms with Crippen LogP contribution in [0.15, 0.2) is 24.9 Å². The topological polar surface area (TPSA) is 52.7 Å². The molecule has 2 aromatic heterocycles. The molecule has 2 aromatic rings. The molecule has 5 nitrogen and oxygen atoms in total. The zero-order valence-corrected chi connectivity index (χ0v) is 8.71. The summed E-state index contributed by atoms with van der Waals surface area (Å²) < 4.78 is 3.55. The third kappa shape index (κ3) is 1.68. The minimum Gasteiger partial charge on any atom is -0.340 e. The predicted octanol–water partition coefficient (Wildman–Crippen LogP) is 0.867. The van der Waals surface area contributed by atoms with Gasteiger partial charge in [0.05, 0.1) is 6.33 Å². The maximum Gasteiger partial charge on any atom is 0.248 e. The molecule has 0 saturated carbocycles. The Morgan fingerprint density at radius 2 is 2.27 bits per heavy atom. The highest BCUT2D eigenvalue weighted by Crippen LogP contribution is 2.05. The van der Waals surface area contributed by atoms with Gasteiger partial charge in [-0.3, -0.25) is 4.79 Å². The van der Waals surface area contributed by atoms with Crippen molar-refractivity contribution >= 4 is 5.78 Å². The Hall–Kier alpha value is -1.91. The molecule has 0 unspecified atom stereocenters. The number of aryl methyl sites for hydroxylation is 2. The normalized spacial score (nSPS) is 10.5. The van der Waals surface area contributed by atoms with Gasteiger partial charge in [0.15, 0.2) is 5.82 Å². The van der Waals surface area contributed by atoms with Gasteiger partial charge < -0.3 is 9.13 Å². The number of hydrogen-bond donors (Lipinski definition) is 0. The van der Waals surface area contributed by atoms with Crippen LogP contribution in [-0.2, 0) is 13.6 Å². The number of nitrogens with zero attached hydrogens (tertiary/aromatic N) is 4. The van der Waals surface area contributed by atoms with Gasteiger partial charge in [-0.05, 0) is 6.92 Å². The fourth-order valence-electron chi connectivity index (χ4n) is 1.42. The van der Waals surface area contributed by atoms with Gasteiger partial charge in [0.25, 0.3) is 0 Å². The molecule has 0 fully saturated rings. The standard InChI is InChI=1S/C10H12N4O/c1-3-14-5-4-11-10(14)9(15)8-6-13(2)7-12-8/h4-7H,3H2,1-2H3. The van der Waals surface area contributed by atoms with Crippen LogP contribution in [0.1, 0.15) is 23.2 Å². The van der Waals surface area contributed by atoms with E-state index >= 15 is 0 Å². The highest BCUT2D eigenvalue weighted by atomic mass is 16.1. The molecule has 0 saturated heterocycles. The van der Waals surface area contributed by atoms with Crippen LogP contribution in [-0.4, -0.2) is 24.9 Å². The number of hydrogen-bond acceptors (Lipinski definition) is 3. The van der Waals surface area contributed by atoms with E-state index in [1.807, 2.05) is 14.0 Å². The van der Waals surface area contributed by atoms with Gasteiger partial charge in [-0.2, -0.15) is 0 Å². The first-order chi connectivity index (χ1) is 7.22. The third-order valence-electron chi connectivity index (χ3n) is 2.20. The minimum atomic E-state index is -0.137. The first-order valence-electron chi connectivity index (χ1n) is 4.76. The van der Waals surface area contributed by atoms with Crippen molar-refractivity contribution in [3.63, 3.8) is 0 Å². The highest BCUT2D eigenvalue weighted by Gasteiger charge is 2.16. The van der Waals surface area contributed by atoms with Crippen molar-refractivity contribution in [1.29, 1.82) is 0 Å². The Bertz CT molecular complexity index is 483. The predicted molar refractivity (Wildman–Crippen MR) is 54.5 cm³/mol. The average molecular weight is 204 g/mol. The van der Waals surface area contributed by atoms with Crippen molar-refractivity contribution in [2.45, 2.75) is 13.5 Å². The molecular formula is C10H12N4O. The molecule has 0 N–H and O–H groups in total. The fourth-order valence-corrected chi connectivity index (χ4v) is 1.42. The SMILES string of the molecule is CCn1ccnc1C(=O)c1cn(C)cn1. The second-order valence-electron chi connectivity index (χ2n) is 3.29. The number of rotatable bonds is 3. The number of carbonyl (C=O) groups is 1. The van der Waals surface area contributed by atoms with E-state index in [9.17, 15) is 4.79 Å². The summed E-state index contributed by atoms with van der Waals surface area (Å²) in [5.41, 5.74) is 0.429. The molecule has 78 valence electrons. The summed E-state index contributed by atoms with van der Waals surface area (Å²) in [7, 11) is 1.83. The van der Waals surface area contributed by atoms with Gasteiger partial charge in [-0.15, -0.1) is 0 Å². The number of carbonyl (C=O) groups excluding carboxylic acids is 1. The summed E-state index contributed by atoms with van der Waals surface area (Å²) in [6.45, 7) is 2.70. The smallest absolute Gasteiger partial charge is 0.248 e. The zero-order valence-electron chi connectivity index (χ0n) is 8.71. The summed E-state index contributed by atoms with van der Waals surface area (Å²) in [5.74, 6) is 0.304. The molecule has 0 aliphatic heterocycles. The first kappa shape index (κ1) is 9.64. The number of imidazole rings is 2. The van der Waals surface area contributed by atoms with Crippen LogP contribution in [0.5, 0.6) is 0 Å². The molecule has 5 heteroatoms. The first-order valence-corrected chi connectivity index (χ1v) is 4.76. The molecule has 2 heterocycles. The van der Waals surface area contributed by atoms with Crippen LogP contribution in [0, 0.1) is 0 Å². The van der Waals surface area contributed by atoms with Crippen molar-refractivity contribution in [2.75, 3.05) is 0 Å². The maximum absolute atomic E-state index is 11.9. The molecule has 0 aliphatic carbocycles. The van der Waals surface area contributed by atoms with Crippen molar-refractivity contribution in [3.05, 3.63) is 36.4 Å². The van der Waals surface area contributed by atoms with Gasteiger partial charge in [0, 0.05) is 32.2 Å². The molecule has 2 rings (SSSR count). The van der Waals surface area contributed by atoms with E-state index in [1.165, 1.54) is 0 Å². The van der Waals surface area contributed by atoms with Crippen LogP contribution in [0.2, 0.25) is 0 Å². The summed E-state index contributed by atoms with van der Waals surface area (Å²) in [4.78, 5) is 20.0. The molecule has 0 aliphatic rings. The third-order valence-corrected chi connectivity index (χ3v) is 2.20. The lowest BCUT2D eigenvalue weighted by Gasteiger charge is -2.00. The van der Waals surface area contributed by atoms with E-state index in [2.05, 4.69) is 9.97 Å². The Morgan fingerprint density at radius 3 is 2.87 bits per heavy atom. The Morgan fingerprint density at radius 1 is 1.47 bits per heavy atom. The van der Waals surface area contributed by atoms with Crippen LogP contribution in [0.3, 0.4) is 0 Å². The Labute approximate surface area is 87.4 Å². The zero-order chi connectivity index (χ0) is 10.8. The Kier molecular flexibility index (Phi) is 2.37. The van der Waals surface area contributed by atoms with Gasteiger partial charge >= 0.3 is 0 Å². The summed E-state index contributed by atoms with van der Waals surface area (Å²) in [6, 6.07) is 0. The van der Waals surface area contributed by atoms with E-state index in [0.717, 1.165) is 6.54 Å².